The standard InChI is InChI=1S/C13H19N3O2/c1-8-6-12(16-9(2)15-8)14-7-10-4-3-5-11(10)13(17)18/h6,10-11H,3-5,7H2,1-2H3,(H,17,18)(H,14,15,16). The van der Waals surface area contributed by atoms with Gasteiger partial charge in [0.15, 0.2) is 0 Å². The average molecular weight is 249 g/mol. The first-order valence-corrected chi connectivity index (χ1v) is 6.35. The molecule has 1 saturated carbocycles. The van der Waals surface area contributed by atoms with E-state index in [0.29, 0.717) is 6.54 Å². The van der Waals surface area contributed by atoms with Gasteiger partial charge in [0, 0.05) is 18.3 Å². The van der Waals surface area contributed by atoms with Gasteiger partial charge in [0.05, 0.1) is 5.92 Å². The number of anilines is 1. The maximum atomic E-state index is 11.1. The van der Waals surface area contributed by atoms with E-state index < -0.39 is 5.97 Å². The summed E-state index contributed by atoms with van der Waals surface area (Å²) in [5.74, 6) is 0.851. The SMILES string of the molecule is Cc1cc(NCC2CCCC2C(=O)O)nc(C)n1. The van der Waals surface area contributed by atoms with Crippen LogP contribution < -0.4 is 5.32 Å². The van der Waals surface area contributed by atoms with Gasteiger partial charge in [-0.2, -0.15) is 0 Å². The van der Waals surface area contributed by atoms with Gasteiger partial charge in [0.25, 0.3) is 0 Å². The highest BCUT2D eigenvalue weighted by Crippen LogP contribution is 2.31. The lowest BCUT2D eigenvalue weighted by Gasteiger charge is -2.16. The van der Waals surface area contributed by atoms with Crippen LogP contribution in [0.4, 0.5) is 5.82 Å². The van der Waals surface area contributed by atoms with Crippen molar-refractivity contribution < 1.29 is 9.90 Å². The van der Waals surface area contributed by atoms with Gasteiger partial charge in [-0.05, 0) is 32.6 Å². The van der Waals surface area contributed by atoms with E-state index in [-0.39, 0.29) is 11.8 Å². The number of hydrogen-bond donors (Lipinski definition) is 2. The summed E-state index contributed by atoms with van der Waals surface area (Å²) in [7, 11) is 0. The van der Waals surface area contributed by atoms with Gasteiger partial charge >= 0.3 is 5.97 Å². The number of nitrogens with zero attached hydrogens (tertiary/aromatic N) is 2. The Bertz CT molecular complexity index is 428. The van der Waals surface area contributed by atoms with Crippen LogP contribution in [0.3, 0.4) is 0 Å². The molecule has 1 aliphatic rings. The number of carboxylic acids is 1. The molecule has 2 rings (SSSR count). The number of rotatable bonds is 4. The van der Waals surface area contributed by atoms with E-state index in [1.165, 1.54) is 0 Å². The number of carbonyl (C=O) groups is 1. The van der Waals surface area contributed by atoms with Crippen LogP contribution in [0.25, 0.3) is 0 Å². The first kappa shape index (κ1) is 12.8. The van der Waals surface area contributed by atoms with E-state index in [0.717, 1.165) is 36.6 Å². The summed E-state index contributed by atoms with van der Waals surface area (Å²) in [5.41, 5.74) is 0.922. The molecule has 1 aromatic rings. The van der Waals surface area contributed by atoms with Crippen molar-refractivity contribution in [2.24, 2.45) is 11.8 Å². The highest BCUT2D eigenvalue weighted by Gasteiger charge is 2.32. The Hall–Kier alpha value is -1.65. The third-order valence-electron chi connectivity index (χ3n) is 3.49. The summed E-state index contributed by atoms with van der Waals surface area (Å²) in [6.07, 6.45) is 2.78. The quantitative estimate of drug-likeness (QED) is 0.853. The van der Waals surface area contributed by atoms with Crippen molar-refractivity contribution in [2.75, 3.05) is 11.9 Å². The minimum atomic E-state index is -0.672. The molecule has 98 valence electrons. The van der Waals surface area contributed by atoms with Gasteiger partial charge in [0.1, 0.15) is 11.6 Å². The Morgan fingerprint density at radius 3 is 2.89 bits per heavy atom. The van der Waals surface area contributed by atoms with E-state index in [9.17, 15) is 4.79 Å². The fourth-order valence-corrected chi connectivity index (χ4v) is 2.65. The topological polar surface area (TPSA) is 75.1 Å². The van der Waals surface area contributed by atoms with Crippen LogP contribution in [0.2, 0.25) is 0 Å². The van der Waals surface area contributed by atoms with Crippen LogP contribution in [0.15, 0.2) is 6.07 Å². The molecule has 5 heteroatoms. The predicted octanol–water partition coefficient (Wildman–Crippen LogP) is 2.01. The highest BCUT2D eigenvalue weighted by molar-refractivity contribution is 5.70. The number of hydrogen-bond acceptors (Lipinski definition) is 4. The third-order valence-corrected chi connectivity index (χ3v) is 3.49. The van der Waals surface area contributed by atoms with Gasteiger partial charge in [-0.3, -0.25) is 4.79 Å². The van der Waals surface area contributed by atoms with Crippen molar-refractivity contribution in [1.29, 1.82) is 0 Å². The summed E-state index contributed by atoms with van der Waals surface area (Å²) < 4.78 is 0. The summed E-state index contributed by atoms with van der Waals surface area (Å²) in [6, 6.07) is 1.89. The maximum Gasteiger partial charge on any atom is 0.306 e. The lowest BCUT2D eigenvalue weighted by atomic mass is 9.96. The van der Waals surface area contributed by atoms with Crippen molar-refractivity contribution in [2.45, 2.75) is 33.1 Å². The molecule has 1 aromatic heterocycles. The van der Waals surface area contributed by atoms with Crippen molar-refractivity contribution in [3.05, 3.63) is 17.6 Å². The first-order chi connectivity index (χ1) is 8.56. The maximum absolute atomic E-state index is 11.1. The molecule has 1 heterocycles. The van der Waals surface area contributed by atoms with Crippen LogP contribution in [-0.2, 0) is 4.79 Å². The van der Waals surface area contributed by atoms with Crippen LogP contribution in [-0.4, -0.2) is 27.6 Å². The molecule has 5 nitrogen and oxygen atoms in total. The first-order valence-electron chi connectivity index (χ1n) is 6.35. The third kappa shape index (κ3) is 2.97. The van der Waals surface area contributed by atoms with Gasteiger partial charge < -0.3 is 10.4 Å². The summed E-state index contributed by atoms with van der Waals surface area (Å²) in [4.78, 5) is 19.6. The molecule has 1 fully saturated rings. The minimum absolute atomic E-state index is 0.207. The van der Waals surface area contributed by atoms with Crippen LogP contribution in [0.1, 0.15) is 30.8 Å². The monoisotopic (exact) mass is 249 g/mol. The Kier molecular flexibility index (Phi) is 3.79. The van der Waals surface area contributed by atoms with E-state index >= 15 is 0 Å². The number of carboxylic acid groups (broad SMARTS) is 1. The second-order valence-corrected chi connectivity index (χ2v) is 4.96. The zero-order chi connectivity index (χ0) is 13.1. The lowest BCUT2D eigenvalue weighted by molar-refractivity contribution is -0.142. The normalized spacial score (nSPS) is 23.0. The molecule has 0 amide bonds. The molecule has 2 N–H and O–H groups in total. The van der Waals surface area contributed by atoms with Gasteiger partial charge in [-0.25, -0.2) is 9.97 Å². The number of aryl methyl sites for hydroxylation is 2. The number of aromatic nitrogens is 2. The molecule has 0 aliphatic heterocycles. The van der Waals surface area contributed by atoms with Crippen molar-refractivity contribution in [1.82, 2.24) is 9.97 Å². The molecule has 1 aliphatic carbocycles. The molecule has 0 radical (unpaired) electrons. The summed E-state index contributed by atoms with van der Waals surface area (Å²) in [6.45, 7) is 4.45. The van der Waals surface area contributed by atoms with Crippen LogP contribution in [0, 0.1) is 25.7 Å². The van der Waals surface area contributed by atoms with Gasteiger partial charge in [-0.15, -0.1) is 0 Å². The molecule has 0 bridgehead atoms. The molecule has 18 heavy (non-hydrogen) atoms. The second-order valence-electron chi connectivity index (χ2n) is 4.96. The zero-order valence-corrected chi connectivity index (χ0v) is 10.8. The van der Waals surface area contributed by atoms with E-state index in [1.54, 1.807) is 0 Å². The van der Waals surface area contributed by atoms with E-state index in [4.69, 9.17) is 5.11 Å². The fourth-order valence-electron chi connectivity index (χ4n) is 2.65. The van der Waals surface area contributed by atoms with Crippen molar-refractivity contribution in [3.63, 3.8) is 0 Å². The molecular formula is C13H19N3O2. The van der Waals surface area contributed by atoms with Crippen LogP contribution in [0.5, 0.6) is 0 Å². The molecular weight excluding hydrogens is 230 g/mol. The molecule has 0 saturated heterocycles. The Morgan fingerprint density at radius 1 is 1.44 bits per heavy atom. The fraction of sp³-hybridized carbons (Fsp3) is 0.615. The Morgan fingerprint density at radius 2 is 2.22 bits per heavy atom. The van der Waals surface area contributed by atoms with E-state index in [2.05, 4.69) is 15.3 Å². The molecule has 0 spiro atoms. The minimum Gasteiger partial charge on any atom is -0.481 e. The molecule has 0 aromatic carbocycles. The molecule has 2 unspecified atom stereocenters. The summed E-state index contributed by atoms with van der Waals surface area (Å²) >= 11 is 0. The number of nitrogens with one attached hydrogen (secondary N) is 1. The smallest absolute Gasteiger partial charge is 0.306 e. The predicted molar refractivity (Wildman–Crippen MR) is 68.5 cm³/mol. The van der Waals surface area contributed by atoms with Gasteiger partial charge in [-0.1, -0.05) is 6.42 Å². The lowest BCUT2D eigenvalue weighted by Crippen LogP contribution is -2.24. The van der Waals surface area contributed by atoms with Crippen LogP contribution >= 0.6 is 0 Å². The summed E-state index contributed by atoms with van der Waals surface area (Å²) in [5, 5.41) is 12.4. The second kappa shape index (κ2) is 5.33. The molecule has 2 atom stereocenters. The largest absolute Gasteiger partial charge is 0.481 e. The van der Waals surface area contributed by atoms with Crippen molar-refractivity contribution >= 4 is 11.8 Å². The Balaban J connectivity index is 1.96. The average Bonchev–Trinajstić information content (AvgIpc) is 2.73. The van der Waals surface area contributed by atoms with E-state index in [1.807, 2.05) is 19.9 Å². The Labute approximate surface area is 107 Å². The zero-order valence-electron chi connectivity index (χ0n) is 10.8. The number of aliphatic carboxylic acids is 1. The van der Waals surface area contributed by atoms with Crippen molar-refractivity contribution in [3.8, 4) is 0 Å². The van der Waals surface area contributed by atoms with Gasteiger partial charge in [0.2, 0.25) is 0 Å². The highest BCUT2D eigenvalue weighted by atomic mass is 16.4.